The summed E-state index contributed by atoms with van der Waals surface area (Å²) in [6, 6.07) is 0. The SMILES string of the molecule is CCCCCCCCCCCCCCCC1(OC(C)C)OCC(=O)CO1. The van der Waals surface area contributed by atoms with Crippen LogP contribution in [0.4, 0.5) is 0 Å². The largest absolute Gasteiger partial charge is 0.325 e. The molecule has 0 aromatic carbocycles. The molecule has 0 unspecified atom stereocenters. The van der Waals surface area contributed by atoms with Crippen molar-refractivity contribution in [1.82, 2.24) is 0 Å². The quantitative estimate of drug-likeness (QED) is 0.305. The van der Waals surface area contributed by atoms with E-state index in [0.717, 1.165) is 6.42 Å². The molecule has 1 heterocycles. The number of hydrogen-bond acceptors (Lipinski definition) is 4. The third-order valence-electron chi connectivity index (χ3n) is 4.91. The zero-order chi connectivity index (χ0) is 19.1. The number of unbranched alkanes of at least 4 members (excludes halogenated alkanes) is 12. The van der Waals surface area contributed by atoms with Crippen molar-refractivity contribution in [3.05, 3.63) is 0 Å². The second-order valence-electron chi connectivity index (χ2n) is 7.96. The maximum Gasteiger partial charge on any atom is 0.283 e. The van der Waals surface area contributed by atoms with E-state index in [9.17, 15) is 4.79 Å². The van der Waals surface area contributed by atoms with E-state index >= 15 is 0 Å². The van der Waals surface area contributed by atoms with Gasteiger partial charge in [0.25, 0.3) is 5.97 Å². The summed E-state index contributed by atoms with van der Waals surface area (Å²) < 4.78 is 17.0. The van der Waals surface area contributed by atoms with Gasteiger partial charge < -0.3 is 14.2 Å². The van der Waals surface area contributed by atoms with Gasteiger partial charge in [0.2, 0.25) is 0 Å². The minimum atomic E-state index is -1.00. The molecule has 0 radical (unpaired) electrons. The lowest BCUT2D eigenvalue weighted by Gasteiger charge is -2.37. The Morgan fingerprint density at radius 2 is 1.23 bits per heavy atom. The zero-order valence-corrected chi connectivity index (χ0v) is 17.5. The zero-order valence-electron chi connectivity index (χ0n) is 17.5. The van der Waals surface area contributed by atoms with Gasteiger partial charge in [-0.1, -0.05) is 84.0 Å². The van der Waals surface area contributed by atoms with Crippen LogP contribution in [0.2, 0.25) is 0 Å². The molecule has 0 bridgehead atoms. The number of ketones is 1. The van der Waals surface area contributed by atoms with E-state index in [2.05, 4.69) is 6.92 Å². The third-order valence-corrected chi connectivity index (χ3v) is 4.91. The minimum absolute atomic E-state index is 0.0154. The Bertz CT molecular complexity index is 344. The number of hydrogen-bond donors (Lipinski definition) is 0. The molecule has 0 aliphatic carbocycles. The summed E-state index contributed by atoms with van der Waals surface area (Å²) in [5.41, 5.74) is 0. The van der Waals surface area contributed by atoms with Gasteiger partial charge in [0, 0.05) is 6.42 Å². The molecule has 1 aliphatic heterocycles. The highest BCUT2D eigenvalue weighted by molar-refractivity contribution is 5.81. The van der Waals surface area contributed by atoms with Crippen molar-refractivity contribution in [2.24, 2.45) is 0 Å². The summed E-state index contributed by atoms with van der Waals surface area (Å²) in [6.45, 7) is 6.41. The molecule has 1 aliphatic rings. The van der Waals surface area contributed by atoms with Crippen LogP contribution >= 0.6 is 0 Å². The van der Waals surface area contributed by atoms with Crippen molar-refractivity contribution >= 4 is 5.78 Å². The third kappa shape index (κ3) is 11.3. The molecule has 1 saturated heterocycles. The van der Waals surface area contributed by atoms with Crippen molar-refractivity contribution < 1.29 is 19.0 Å². The van der Waals surface area contributed by atoms with Crippen molar-refractivity contribution in [3.8, 4) is 0 Å². The summed E-state index contributed by atoms with van der Waals surface area (Å²) in [4.78, 5) is 11.3. The maximum atomic E-state index is 11.3. The highest BCUT2D eigenvalue weighted by Crippen LogP contribution is 2.28. The molecule has 4 heteroatoms. The molecule has 1 fully saturated rings. The molecule has 0 atom stereocenters. The lowest BCUT2D eigenvalue weighted by molar-refractivity contribution is -0.398. The van der Waals surface area contributed by atoms with E-state index in [0.29, 0.717) is 6.42 Å². The monoisotopic (exact) mass is 370 g/mol. The van der Waals surface area contributed by atoms with Crippen LogP contribution in [0.25, 0.3) is 0 Å². The van der Waals surface area contributed by atoms with Crippen molar-refractivity contribution in [1.29, 1.82) is 0 Å². The first-order chi connectivity index (χ1) is 12.6. The second kappa shape index (κ2) is 14.6. The first kappa shape index (κ1) is 23.6. The molecule has 0 saturated carbocycles. The lowest BCUT2D eigenvalue weighted by Crippen LogP contribution is -2.48. The van der Waals surface area contributed by atoms with E-state index in [1.54, 1.807) is 0 Å². The fraction of sp³-hybridized carbons (Fsp3) is 0.955. The number of carbonyl (C=O) groups is 1. The number of carbonyl (C=O) groups excluding carboxylic acids is 1. The lowest BCUT2D eigenvalue weighted by atomic mass is 10.0. The van der Waals surface area contributed by atoms with E-state index in [1.807, 2.05) is 13.8 Å². The summed E-state index contributed by atoms with van der Waals surface area (Å²) in [5, 5.41) is 0. The van der Waals surface area contributed by atoms with E-state index in [-0.39, 0.29) is 25.1 Å². The van der Waals surface area contributed by atoms with Crippen LogP contribution in [0.1, 0.15) is 111 Å². The van der Waals surface area contributed by atoms with E-state index < -0.39 is 5.97 Å². The summed E-state index contributed by atoms with van der Waals surface area (Å²) in [6.07, 6.45) is 18.0. The Morgan fingerprint density at radius 3 is 1.65 bits per heavy atom. The van der Waals surface area contributed by atoms with Gasteiger partial charge >= 0.3 is 0 Å². The highest BCUT2D eigenvalue weighted by atomic mass is 16.9. The normalized spacial score (nSPS) is 17.2. The first-order valence-electron chi connectivity index (χ1n) is 11.1. The summed E-state index contributed by atoms with van der Waals surface area (Å²) in [5.74, 6) is -1.02. The Balaban J connectivity index is 1.98. The van der Waals surface area contributed by atoms with Gasteiger partial charge in [-0.3, -0.25) is 4.79 Å². The Hall–Kier alpha value is -0.450. The van der Waals surface area contributed by atoms with E-state index in [4.69, 9.17) is 14.2 Å². The number of ether oxygens (including phenoxy) is 3. The molecule has 0 aromatic rings. The molecule has 154 valence electrons. The Kier molecular flexibility index (Phi) is 13.2. The predicted molar refractivity (Wildman–Crippen MR) is 106 cm³/mol. The summed E-state index contributed by atoms with van der Waals surface area (Å²) in [7, 11) is 0. The number of Topliss-reactive ketones (excluding diaryl/α,β-unsaturated/α-hetero) is 1. The minimum Gasteiger partial charge on any atom is -0.325 e. The average Bonchev–Trinajstić information content (AvgIpc) is 2.61. The van der Waals surface area contributed by atoms with Gasteiger partial charge in [-0.2, -0.15) is 0 Å². The fourth-order valence-corrected chi connectivity index (χ4v) is 3.45. The van der Waals surface area contributed by atoms with Crippen LogP contribution < -0.4 is 0 Å². The Labute approximate surface area is 161 Å². The molecule has 26 heavy (non-hydrogen) atoms. The van der Waals surface area contributed by atoms with Crippen LogP contribution in [-0.4, -0.2) is 31.1 Å². The van der Waals surface area contributed by atoms with Crippen LogP contribution in [0, 0.1) is 0 Å². The topological polar surface area (TPSA) is 44.8 Å². The van der Waals surface area contributed by atoms with Gasteiger partial charge in [0.1, 0.15) is 13.2 Å². The van der Waals surface area contributed by atoms with Gasteiger partial charge in [-0.15, -0.1) is 0 Å². The van der Waals surface area contributed by atoms with E-state index in [1.165, 1.54) is 77.0 Å². The molecule has 0 aromatic heterocycles. The van der Waals surface area contributed by atoms with Crippen molar-refractivity contribution in [2.75, 3.05) is 13.2 Å². The van der Waals surface area contributed by atoms with Crippen LogP contribution in [0.15, 0.2) is 0 Å². The summed E-state index contributed by atoms with van der Waals surface area (Å²) >= 11 is 0. The molecule has 0 amide bonds. The second-order valence-corrected chi connectivity index (χ2v) is 7.96. The smallest absolute Gasteiger partial charge is 0.283 e. The predicted octanol–water partition coefficient (Wildman–Crippen LogP) is 6.16. The van der Waals surface area contributed by atoms with Crippen LogP contribution in [-0.2, 0) is 19.0 Å². The van der Waals surface area contributed by atoms with Gasteiger partial charge in [-0.05, 0) is 20.3 Å². The fourth-order valence-electron chi connectivity index (χ4n) is 3.45. The highest BCUT2D eigenvalue weighted by Gasteiger charge is 2.38. The standard InChI is InChI=1S/C22H42O4/c1-4-5-6-7-8-9-10-11-12-13-14-15-16-17-22(26-20(2)3)24-18-21(23)19-25-22/h20H,4-19H2,1-3H3. The van der Waals surface area contributed by atoms with Crippen LogP contribution in [0.5, 0.6) is 0 Å². The molecule has 0 spiro atoms. The van der Waals surface area contributed by atoms with Gasteiger partial charge in [0.15, 0.2) is 5.78 Å². The molecule has 0 N–H and O–H groups in total. The molecule has 1 rings (SSSR count). The van der Waals surface area contributed by atoms with Crippen molar-refractivity contribution in [2.45, 2.75) is 123 Å². The van der Waals surface area contributed by atoms with Crippen LogP contribution in [0.3, 0.4) is 0 Å². The van der Waals surface area contributed by atoms with Gasteiger partial charge in [-0.25, -0.2) is 0 Å². The van der Waals surface area contributed by atoms with Gasteiger partial charge in [0.05, 0.1) is 6.10 Å². The molecular formula is C22H42O4. The van der Waals surface area contributed by atoms with Crippen molar-refractivity contribution in [3.63, 3.8) is 0 Å². The molecular weight excluding hydrogens is 328 g/mol. The first-order valence-corrected chi connectivity index (χ1v) is 11.1. The number of rotatable bonds is 16. The Morgan fingerprint density at radius 1 is 0.808 bits per heavy atom. The average molecular weight is 371 g/mol. The maximum absolute atomic E-state index is 11.3. The molecule has 4 nitrogen and oxygen atoms in total.